The highest BCUT2D eigenvalue weighted by molar-refractivity contribution is 6.01. The van der Waals surface area contributed by atoms with E-state index in [2.05, 4.69) is 49.2 Å². The number of carbonyl (C=O) groups is 2. The smallest absolute Gasteiger partial charge is 0.265 e. The molecule has 7 nitrogen and oxygen atoms in total. The van der Waals surface area contributed by atoms with Crippen LogP contribution >= 0.6 is 0 Å². The molecule has 4 aromatic carbocycles. The van der Waals surface area contributed by atoms with Gasteiger partial charge in [0.2, 0.25) is 5.91 Å². The van der Waals surface area contributed by atoms with Crippen LogP contribution < -0.4 is 14.4 Å². The molecule has 0 radical (unpaired) electrons. The van der Waals surface area contributed by atoms with E-state index in [4.69, 9.17) is 9.47 Å². The van der Waals surface area contributed by atoms with Gasteiger partial charge in [-0.3, -0.25) is 14.5 Å². The normalized spacial score (nSPS) is 14.9. The maximum atomic E-state index is 14.2. The molecule has 1 fully saturated rings. The minimum atomic E-state index is -0.604. The third-order valence-electron chi connectivity index (χ3n) is 8.80. The van der Waals surface area contributed by atoms with E-state index < -0.39 is 6.04 Å². The Morgan fingerprint density at radius 2 is 1.56 bits per heavy atom. The first kappa shape index (κ1) is 34.7. The van der Waals surface area contributed by atoms with Gasteiger partial charge in [-0.1, -0.05) is 79.7 Å². The molecule has 0 aliphatic carbocycles. The van der Waals surface area contributed by atoms with Crippen LogP contribution in [0.15, 0.2) is 103 Å². The summed E-state index contributed by atoms with van der Waals surface area (Å²) in [5, 5.41) is 0. The number of benzene rings is 4. The standard InChI is InChI=1S/C41H49N3O4/c1-4-27-47-39-23-20-35(28-32(39)2)30-43-25-12-11-17-38(41(43)46)44(36-15-9-6-10-16-36)40(45)31-48-37-21-18-34(19-22-37)29-42(3)26-24-33-13-7-5-8-14-33/h5-10,13-16,18-23,28,38H,4,11-12,17,24-27,29-31H2,1-3H3/t38-/m0/s1. The van der Waals surface area contributed by atoms with Crippen LogP contribution in [0.5, 0.6) is 11.5 Å². The van der Waals surface area contributed by atoms with E-state index in [9.17, 15) is 9.59 Å². The minimum Gasteiger partial charge on any atom is -0.493 e. The van der Waals surface area contributed by atoms with E-state index in [1.165, 1.54) is 11.1 Å². The fourth-order valence-electron chi connectivity index (χ4n) is 6.23. The number of likely N-dealkylation sites (tertiary alicyclic amines) is 1. The predicted octanol–water partition coefficient (Wildman–Crippen LogP) is 7.45. The van der Waals surface area contributed by atoms with E-state index in [0.29, 0.717) is 37.6 Å². The predicted molar refractivity (Wildman–Crippen MR) is 192 cm³/mol. The van der Waals surface area contributed by atoms with Crippen LogP contribution in [0.3, 0.4) is 0 Å². The van der Waals surface area contributed by atoms with Crippen molar-refractivity contribution in [2.75, 3.05) is 38.3 Å². The van der Waals surface area contributed by atoms with Gasteiger partial charge < -0.3 is 19.3 Å². The number of aryl methyl sites for hydroxylation is 1. The van der Waals surface area contributed by atoms with Gasteiger partial charge in [0.1, 0.15) is 17.5 Å². The SMILES string of the molecule is CCCOc1ccc(CN2CCCC[C@H](N(C(=O)COc3ccc(CN(C)CCc4ccccc4)cc3)c3ccccc3)C2=O)cc1C. The molecule has 1 aliphatic rings. The molecule has 5 rings (SSSR count). The van der Waals surface area contributed by atoms with Gasteiger partial charge in [-0.15, -0.1) is 0 Å². The summed E-state index contributed by atoms with van der Waals surface area (Å²) in [4.78, 5) is 33.9. The van der Waals surface area contributed by atoms with E-state index in [-0.39, 0.29) is 18.4 Å². The minimum absolute atomic E-state index is 0.0330. The first-order chi connectivity index (χ1) is 23.4. The zero-order valence-electron chi connectivity index (χ0n) is 28.6. The average molecular weight is 648 g/mol. The van der Waals surface area contributed by atoms with Gasteiger partial charge in [0.15, 0.2) is 6.61 Å². The Morgan fingerprint density at radius 3 is 2.27 bits per heavy atom. The average Bonchev–Trinajstić information content (AvgIpc) is 3.28. The Hall–Kier alpha value is -4.62. The van der Waals surface area contributed by atoms with E-state index in [1.807, 2.05) is 84.6 Å². The lowest BCUT2D eigenvalue weighted by atomic mass is 10.1. The Labute approximate surface area is 286 Å². The summed E-state index contributed by atoms with van der Waals surface area (Å²) in [5.41, 5.74) is 5.32. The lowest BCUT2D eigenvalue weighted by Crippen LogP contribution is -2.51. The number of nitrogens with zero attached hydrogens (tertiary/aromatic N) is 3. The Balaban J connectivity index is 1.22. The molecule has 7 heteroatoms. The Bertz CT molecular complexity index is 1590. The number of anilines is 1. The van der Waals surface area contributed by atoms with Crippen molar-refractivity contribution in [1.82, 2.24) is 9.80 Å². The molecule has 1 heterocycles. The second-order valence-electron chi connectivity index (χ2n) is 12.7. The fraction of sp³-hybridized carbons (Fsp3) is 0.366. The summed E-state index contributed by atoms with van der Waals surface area (Å²) in [6.07, 6.45) is 4.30. The molecule has 252 valence electrons. The van der Waals surface area contributed by atoms with Crippen LogP contribution in [0, 0.1) is 6.92 Å². The fourth-order valence-corrected chi connectivity index (χ4v) is 6.23. The molecule has 1 saturated heterocycles. The lowest BCUT2D eigenvalue weighted by molar-refractivity contribution is -0.135. The number of hydrogen-bond acceptors (Lipinski definition) is 5. The van der Waals surface area contributed by atoms with Crippen molar-refractivity contribution < 1.29 is 19.1 Å². The highest BCUT2D eigenvalue weighted by Gasteiger charge is 2.35. The highest BCUT2D eigenvalue weighted by atomic mass is 16.5. The zero-order chi connectivity index (χ0) is 33.7. The number of rotatable bonds is 15. The number of carbonyl (C=O) groups excluding carboxylic acids is 2. The van der Waals surface area contributed by atoms with Gasteiger partial charge in [-0.05, 0) is 98.7 Å². The summed E-state index contributed by atoms with van der Waals surface area (Å²) in [7, 11) is 2.13. The van der Waals surface area contributed by atoms with Gasteiger partial charge in [-0.2, -0.15) is 0 Å². The van der Waals surface area contributed by atoms with Crippen molar-refractivity contribution in [1.29, 1.82) is 0 Å². The maximum Gasteiger partial charge on any atom is 0.265 e. The molecule has 48 heavy (non-hydrogen) atoms. The van der Waals surface area contributed by atoms with Gasteiger partial charge in [0.05, 0.1) is 6.61 Å². The molecule has 0 N–H and O–H groups in total. The van der Waals surface area contributed by atoms with Gasteiger partial charge >= 0.3 is 0 Å². The van der Waals surface area contributed by atoms with Crippen LogP contribution in [0.4, 0.5) is 5.69 Å². The zero-order valence-corrected chi connectivity index (χ0v) is 28.6. The summed E-state index contributed by atoms with van der Waals surface area (Å²) in [6, 6.07) is 33.5. The molecule has 0 saturated carbocycles. The second kappa shape index (κ2) is 17.5. The van der Waals surface area contributed by atoms with Gasteiger partial charge in [0.25, 0.3) is 5.91 Å². The van der Waals surface area contributed by atoms with Crippen molar-refractivity contribution in [2.45, 2.75) is 65.1 Å². The van der Waals surface area contributed by atoms with Crippen molar-refractivity contribution in [3.8, 4) is 11.5 Å². The number of ether oxygens (including phenoxy) is 2. The monoisotopic (exact) mass is 647 g/mol. The molecule has 0 unspecified atom stereocenters. The third kappa shape index (κ3) is 9.71. The molecular weight excluding hydrogens is 598 g/mol. The summed E-state index contributed by atoms with van der Waals surface area (Å²) in [6.45, 7) is 7.58. The Kier molecular flexibility index (Phi) is 12.7. The maximum absolute atomic E-state index is 14.2. The lowest BCUT2D eigenvalue weighted by Gasteiger charge is -2.33. The van der Waals surface area contributed by atoms with Crippen LogP contribution in [-0.2, 0) is 29.1 Å². The van der Waals surface area contributed by atoms with Crippen molar-refractivity contribution >= 4 is 17.5 Å². The van der Waals surface area contributed by atoms with Crippen LogP contribution in [0.1, 0.15) is 54.9 Å². The van der Waals surface area contributed by atoms with Gasteiger partial charge in [0, 0.05) is 31.9 Å². The number of amides is 2. The quantitative estimate of drug-likeness (QED) is 0.134. The first-order valence-electron chi connectivity index (χ1n) is 17.2. The summed E-state index contributed by atoms with van der Waals surface area (Å²) in [5.74, 6) is 1.23. The molecule has 2 amide bonds. The van der Waals surface area contributed by atoms with Gasteiger partial charge in [-0.25, -0.2) is 0 Å². The number of likely N-dealkylation sites (N-methyl/N-ethyl adjacent to an activating group) is 1. The number of para-hydroxylation sites is 1. The molecule has 1 atom stereocenters. The summed E-state index contributed by atoms with van der Waals surface area (Å²) >= 11 is 0. The molecular formula is C41H49N3O4. The Morgan fingerprint density at radius 1 is 0.854 bits per heavy atom. The second-order valence-corrected chi connectivity index (χ2v) is 12.7. The molecule has 4 aromatic rings. The van der Waals surface area contributed by atoms with Crippen LogP contribution in [-0.4, -0.2) is 61.0 Å². The molecule has 1 aliphatic heterocycles. The first-order valence-corrected chi connectivity index (χ1v) is 17.2. The van der Waals surface area contributed by atoms with Crippen LogP contribution in [0.25, 0.3) is 0 Å². The summed E-state index contributed by atoms with van der Waals surface area (Å²) < 4.78 is 11.9. The van der Waals surface area contributed by atoms with Crippen molar-refractivity contribution in [2.24, 2.45) is 0 Å². The largest absolute Gasteiger partial charge is 0.493 e. The molecule has 0 spiro atoms. The van der Waals surface area contributed by atoms with E-state index in [1.54, 1.807) is 4.90 Å². The van der Waals surface area contributed by atoms with Crippen molar-refractivity contribution in [3.05, 3.63) is 125 Å². The van der Waals surface area contributed by atoms with Crippen molar-refractivity contribution in [3.63, 3.8) is 0 Å². The molecule has 0 aromatic heterocycles. The van der Waals surface area contributed by atoms with E-state index >= 15 is 0 Å². The number of hydrogen-bond donors (Lipinski definition) is 0. The van der Waals surface area contributed by atoms with Crippen LogP contribution in [0.2, 0.25) is 0 Å². The third-order valence-corrected chi connectivity index (χ3v) is 8.80. The molecule has 0 bridgehead atoms. The topological polar surface area (TPSA) is 62.3 Å². The van der Waals surface area contributed by atoms with E-state index in [0.717, 1.165) is 55.6 Å². The highest BCUT2D eigenvalue weighted by Crippen LogP contribution is 2.27.